The molecule has 1 aliphatic rings. The third-order valence-corrected chi connectivity index (χ3v) is 4.47. The van der Waals surface area contributed by atoms with Gasteiger partial charge in [0.2, 0.25) is 12.0 Å². The second-order valence-corrected chi connectivity index (χ2v) is 6.43. The Morgan fingerprint density at radius 2 is 1.85 bits per heavy atom. The molecule has 0 unspecified atom stereocenters. The predicted octanol–water partition coefficient (Wildman–Crippen LogP) is 4.09. The minimum atomic E-state index is -0.643. The first-order chi connectivity index (χ1) is 13.1. The Kier molecular flexibility index (Phi) is 4.46. The van der Waals surface area contributed by atoms with Crippen molar-refractivity contribution in [3.05, 3.63) is 71.6 Å². The highest BCUT2D eigenvalue weighted by atomic mass is 16.6. The van der Waals surface area contributed by atoms with E-state index >= 15 is 0 Å². The molecule has 0 saturated carbocycles. The van der Waals surface area contributed by atoms with Crippen LogP contribution in [0, 0.1) is 13.8 Å². The van der Waals surface area contributed by atoms with Gasteiger partial charge in [0.05, 0.1) is 11.4 Å². The molecule has 1 N–H and O–H groups in total. The van der Waals surface area contributed by atoms with Crippen LogP contribution in [0.5, 0.6) is 0 Å². The molecular formula is C21H19N3O3. The zero-order valence-electron chi connectivity index (χ0n) is 15.1. The number of carbonyl (C=O) groups excluding carboxylic acids is 1. The van der Waals surface area contributed by atoms with E-state index in [1.54, 1.807) is 0 Å². The molecule has 4 rings (SSSR count). The van der Waals surface area contributed by atoms with Crippen molar-refractivity contribution in [3.8, 4) is 11.5 Å². The summed E-state index contributed by atoms with van der Waals surface area (Å²) in [5.41, 5.74) is 4.05. The fourth-order valence-corrected chi connectivity index (χ4v) is 2.87. The summed E-state index contributed by atoms with van der Waals surface area (Å²) in [5, 5.41) is 6.94. The number of aryl methyl sites for hydroxylation is 2. The highest BCUT2D eigenvalue weighted by Crippen LogP contribution is 2.25. The summed E-state index contributed by atoms with van der Waals surface area (Å²) < 4.78 is 5.66. The number of aromatic nitrogens is 1. The van der Waals surface area contributed by atoms with Crippen molar-refractivity contribution in [2.24, 2.45) is 5.16 Å². The molecule has 0 aliphatic carbocycles. The Balaban J connectivity index is 1.44. The third-order valence-electron chi connectivity index (χ3n) is 4.47. The standard InChI is InChI=1S/C21H19N3O3/c1-13-14(2)26-21(22-13)16-9-6-10-17(11-16)23-20(25)19-12-18(24-27-19)15-7-4-3-5-8-15/h3-11,19H,12H2,1-2H3,(H,23,25)/t19-/m0/s1. The van der Waals surface area contributed by atoms with Crippen molar-refractivity contribution in [2.75, 3.05) is 5.32 Å². The van der Waals surface area contributed by atoms with Crippen LogP contribution in [0.1, 0.15) is 23.4 Å². The zero-order chi connectivity index (χ0) is 18.8. The highest BCUT2D eigenvalue weighted by Gasteiger charge is 2.29. The van der Waals surface area contributed by atoms with Crippen LogP contribution in [-0.2, 0) is 9.63 Å². The number of oxime groups is 1. The van der Waals surface area contributed by atoms with Gasteiger partial charge in [-0.25, -0.2) is 4.98 Å². The number of amides is 1. The maximum Gasteiger partial charge on any atom is 0.268 e. The molecular weight excluding hydrogens is 342 g/mol. The summed E-state index contributed by atoms with van der Waals surface area (Å²) in [6, 6.07) is 17.1. The first-order valence-electron chi connectivity index (χ1n) is 8.73. The molecule has 1 amide bonds. The molecule has 2 aromatic carbocycles. The summed E-state index contributed by atoms with van der Waals surface area (Å²) in [4.78, 5) is 22.3. The van der Waals surface area contributed by atoms with E-state index in [9.17, 15) is 4.79 Å². The maximum atomic E-state index is 12.5. The number of benzene rings is 2. The van der Waals surface area contributed by atoms with Gasteiger partial charge in [-0.2, -0.15) is 0 Å². The molecule has 1 aliphatic heterocycles. The quantitative estimate of drug-likeness (QED) is 0.759. The van der Waals surface area contributed by atoms with E-state index < -0.39 is 6.10 Å². The fourth-order valence-electron chi connectivity index (χ4n) is 2.87. The summed E-state index contributed by atoms with van der Waals surface area (Å²) in [6.45, 7) is 3.77. The lowest BCUT2D eigenvalue weighted by atomic mass is 10.0. The molecule has 0 saturated heterocycles. The lowest BCUT2D eigenvalue weighted by molar-refractivity contribution is -0.125. The van der Waals surface area contributed by atoms with Crippen LogP contribution in [0.25, 0.3) is 11.5 Å². The SMILES string of the molecule is Cc1nc(-c2cccc(NC(=O)[C@@H]3CC(c4ccccc4)=NO3)c2)oc1C. The van der Waals surface area contributed by atoms with Gasteiger partial charge in [-0.1, -0.05) is 41.6 Å². The fraction of sp³-hybridized carbons (Fsp3) is 0.190. The molecule has 1 atom stereocenters. The molecule has 0 fully saturated rings. The number of nitrogens with one attached hydrogen (secondary N) is 1. The van der Waals surface area contributed by atoms with Crippen molar-refractivity contribution >= 4 is 17.3 Å². The third kappa shape index (κ3) is 3.60. The van der Waals surface area contributed by atoms with E-state index in [-0.39, 0.29) is 5.91 Å². The average Bonchev–Trinajstić information content (AvgIpc) is 3.30. The smallest absolute Gasteiger partial charge is 0.268 e. The minimum absolute atomic E-state index is 0.235. The van der Waals surface area contributed by atoms with Crippen molar-refractivity contribution in [3.63, 3.8) is 0 Å². The first kappa shape index (κ1) is 17.0. The van der Waals surface area contributed by atoms with Gasteiger partial charge >= 0.3 is 0 Å². The van der Waals surface area contributed by atoms with Gasteiger partial charge < -0.3 is 14.6 Å². The van der Waals surface area contributed by atoms with Crippen LogP contribution in [0.2, 0.25) is 0 Å². The first-order valence-corrected chi connectivity index (χ1v) is 8.73. The molecule has 0 bridgehead atoms. The Labute approximate surface area is 156 Å². The van der Waals surface area contributed by atoms with E-state index in [2.05, 4.69) is 15.5 Å². The molecule has 6 nitrogen and oxygen atoms in total. The van der Waals surface area contributed by atoms with Crippen LogP contribution in [0.3, 0.4) is 0 Å². The molecule has 6 heteroatoms. The highest BCUT2D eigenvalue weighted by molar-refractivity contribution is 6.06. The molecule has 3 aromatic rings. The lowest BCUT2D eigenvalue weighted by Crippen LogP contribution is -2.28. The summed E-state index contributed by atoms with van der Waals surface area (Å²) in [6.07, 6.45) is -0.205. The summed E-state index contributed by atoms with van der Waals surface area (Å²) in [5.74, 6) is 1.08. The van der Waals surface area contributed by atoms with Crippen LogP contribution in [-0.4, -0.2) is 22.7 Å². The van der Waals surface area contributed by atoms with E-state index in [4.69, 9.17) is 9.25 Å². The van der Waals surface area contributed by atoms with Gasteiger partial charge in [-0.05, 0) is 37.6 Å². The van der Waals surface area contributed by atoms with Crippen molar-refractivity contribution < 1.29 is 14.0 Å². The predicted molar refractivity (Wildman–Crippen MR) is 103 cm³/mol. The van der Waals surface area contributed by atoms with Gasteiger partial charge in [-0.15, -0.1) is 0 Å². The van der Waals surface area contributed by atoms with Gasteiger partial charge in [0.15, 0.2) is 0 Å². The van der Waals surface area contributed by atoms with Crippen LogP contribution in [0.4, 0.5) is 5.69 Å². The monoisotopic (exact) mass is 361 g/mol. The van der Waals surface area contributed by atoms with Crippen LogP contribution < -0.4 is 5.32 Å². The Hall–Kier alpha value is -3.41. The average molecular weight is 361 g/mol. The normalized spacial score (nSPS) is 15.9. The van der Waals surface area contributed by atoms with E-state index in [0.29, 0.717) is 18.0 Å². The van der Waals surface area contributed by atoms with Crippen molar-refractivity contribution in [1.29, 1.82) is 0 Å². The molecule has 2 heterocycles. The number of anilines is 1. The number of hydrogen-bond acceptors (Lipinski definition) is 5. The second kappa shape index (κ2) is 7.07. The lowest BCUT2D eigenvalue weighted by Gasteiger charge is -2.10. The number of oxazole rings is 1. The molecule has 136 valence electrons. The molecule has 0 radical (unpaired) electrons. The molecule has 27 heavy (non-hydrogen) atoms. The van der Waals surface area contributed by atoms with E-state index in [1.807, 2.05) is 68.4 Å². The maximum absolute atomic E-state index is 12.5. The van der Waals surface area contributed by atoms with E-state index in [1.165, 1.54) is 0 Å². The molecule has 0 spiro atoms. The van der Waals surface area contributed by atoms with Gasteiger partial charge in [0.25, 0.3) is 5.91 Å². The number of nitrogens with zero attached hydrogens (tertiary/aromatic N) is 2. The Morgan fingerprint density at radius 3 is 2.59 bits per heavy atom. The van der Waals surface area contributed by atoms with Crippen LogP contribution >= 0.6 is 0 Å². The van der Waals surface area contributed by atoms with Gasteiger partial charge in [-0.3, -0.25) is 4.79 Å². The summed E-state index contributed by atoms with van der Waals surface area (Å²) >= 11 is 0. The number of rotatable bonds is 4. The van der Waals surface area contributed by atoms with Crippen LogP contribution in [0.15, 0.2) is 64.2 Å². The number of hydrogen-bond donors (Lipinski definition) is 1. The molecule has 1 aromatic heterocycles. The topological polar surface area (TPSA) is 76.7 Å². The zero-order valence-corrected chi connectivity index (χ0v) is 15.1. The second-order valence-electron chi connectivity index (χ2n) is 6.43. The van der Waals surface area contributed by atoms with Gasteiger partial charge in [0.1, 0.15) is 5.76 Å². The van der Waals surface area contributed by atoms with E-state index in [0.717, 1.165) is 28.3 Å². The van der Waals surface area contributed by atoms with Crippen molar-refractivity contribution in [2.45, 2.75) is 26.4 Å². The Morgan fingerprint density at radius 1 is 1.07 bits per heavy atom. The van der Waals surface area contributed by atoms with Gasteiger partial charge in [0, 0.05) is 17.7 Å². The van der Waals surface area contributed by atoms with Crippen molar-refractivity contribution in [1.82, 2.24) is 4.98 Å². The summed E-state index contributed by atoms with van der Waals surface area (Å²) in [7, 11) is 0. The minimum Gasteiger partial charge on any atom is -0.441 e. The number of carbonyl (C=O) groups is 1. The largest absolute Gasteiger partial charge is 0.441 e. The Bertz CT molecular complexity index is 989.